The Balaban J connectivity index is 1.90. The lowest BCUT2D eigenvalue weighted by Gasteiger charge is -2.25. The average molecular weight is 290 g/mol. The molecular weight excluding hydrogens is 272 g/mol. The summed E-state index contributed by atoms with van der Waals surface area (Å²) < 4.78 is 0. The summed E-state index contributed by atoms with van der Waals surface area (Å²) in [7, 11) is 0. The lowest BCUT2D eigenvalue weighted by molar-refractivity contribution is 0.782. The van der Waals surface area contributed by atoms with Crippen LogP contribution >= 0.6 is 0 Å². The first-order valence-corrected chi connectivity index (χ1v) is 7.21. The van der Waals surface area contributed by atoms with Crippen LogP contribution in [0.2, 0.25) is 0 Å². The van der Waals surface area contributed by atoms with Crippen molar-refractivity contribution >= 4 is 11.5 Å². The molecule has 0 unspecified atom stereocenters. The van der Waals surface area contributed by atoms with Gasteiger partial charge in [-0.15, -0.1) is 0 Å². The zero-order valence-corrected chi connectivity index (χ0v) is 12.3. The fourth-order valence-corrected chi connectivity index (χ4v) is 2.41. The van der Waals surface area contributed by atoms with Crippen LogP contribution < -0.4 is 10.6 Å². The molecule has 0 spiro atoms. The van der Waals surface area contributed by atoms with E-state index >= 15 is 0 Å². The Bertz CT molecular complexity index is 672. The second kappa shape index (κ2) is 6.72. The van der Waals surface area contributed by atoms with E-state index < -0.39 is 0 Å². The number of hydrogen-bond donors (Lipinski definition) is 1. The maximum Gasteiger partial charge on any atom is 0.155 e. The summed E-state index contributed by atoms with van der Waals surface area (Å²) in [6.07, 6.45) is 3.18. The summed E-state index contributed by atoms with van der Waals surface area (Å²) in [5, 5.41) is 0. The summed E-state index contributed by atoms with van der Waals surface area (Å²) in [5.74, 6) is 0.766. The van der Waals surface area contributed by atoms with Crippen LogP contribution in [0.1, 0.15) is 11.1 Å². The van der Waals surface area contributed by atoms with Gasteiger partial charge in [0, 0.05) is 13.1 Å². The Morgan fingerprint density at radius 3 is 1.86 bits per heavy atom. The molecule has 0 aliphatic heterocycles. The highest BCUT2D eigenvalue weighted by molar-refractivity contribution is 5.61. The third-order valence-corrected chi connectivity index (χ3v) is 3.45. The standard InChI is InChI=1S/C18H18N4/c19-17-11-20-14-21-18(17)22(12-15-7-3-1-4-8-15)13-16-9-5-2-6-10-16/h1-11,14H,12-13,19H2. The van der Waals surface area contributed by atoms with Crippen molar-refractivity contribution in [3.05, 3.63) is 84.3 Å². The largest absolute Gasteiger partial charge is 0.394 e. The fraction of sp³-hybridized carbons (Fsp3) is 0.111. The van der Waals surface area contributed by atoms with Crippen LogP contribution in [0.15, 0.2) is 73.2 Å². The third-order valence-electron chi connectivity index (χ3n) is 3.45. The van der Waals surface area contributed by atoms with Gasteiger partial charge in [0.2, 0.25) is 0 Å². The maximum absolute atomic E-state index is 6.06. The van der Waals surface area contributed by atoms with E-state index in [2.05, 4.69) is 39.1 Å². The van der Waals surface area contributed by atoms with Crippen LogP contribution in [0.5, 0.6) is 0 Å². The molecule has 3 rings (SSSR count). The molecule has 0 atom stereocenters. The van der Waals surface area contributed by atoms with Gasteiger partial charge in [0.1, 0.15) is 6.33 Å². The van der Waals surface area contributed by atoms with Gasteiger partial charge in [0.25, 0.3) is 0 Å². The molecule has 0 amide bonds. The van der Waals surface area contributed by atoms with E-state index in [4.69, 9.17) is 5.73 Å². The molecule has 0 fully saturated rings. The van der Waals surface area contributed by atoms with Gasteiger partial charge in [-0.05, 0) is 11.1 Å². The molecule has 4 nitrogen and oxygen atoms in total. The molecule has 3 aromatic rings. The third kappa shape index (κ3) is 3.41. The first-order chi connectivity index (χ1) is 10.8. The number of anilines is 2. The SMILES string of the molecule is Nc1cncnc1N(Cc1ccccc1)Cc1ccccc1. The highest BCUT2D eigenvalue weighted by atomic mass is 15.2. The van der Waals surface area contributed by atoms with Crippen molar-refractivity contribution in [2.45, 2.75) is 13.1 Å². The van der Waals surface area contributed by atoms with Gasteiger partial charge in [-0.25, -0.2) is 9.97 Å². The van der Waals surface area contributed by atoms with Crippen LogP contribution in [0, 0.1) is 0 Å². The van der Waals surface area contributed by atoms with E-state index in [0.29, 0.717) is 5.69 Å². The quantitative estimate of drug-likeness (QED) is 0.783. The summed E-state index contributed by atoms with van der Waals surface area (Å²) in [5.41, 5.74) is 9.09. The van der Waals surface area contributed by atoms with Crippen LogP contribution in [-0.4, -0.2) is 9.97 Å². The number of aromatic nitrogens is 2. The average Bonchev–Trinajstić information content (AvgIpc) is 2.57. The van der Waals surface area contributed by atoms with Crippen molar-refractivity contribution in [3.8, 4) is 0 Å². The summed E-state index contributed by atoms with van der Waals surface area (Å²) >= 11 is 0. The molecule has 0 aliphatic carbocycles. The maximum atomic E-state index is 6.06. The molecular formula is C18H18N4. The number of hydrogen-bond acceptors (Lipinski definition) is 4. The molecule has 4 heteroatoms. The zero-order chi connectivity index (χ0) is 15.2. The van der Waals surface area contributed by atoms with Gasteiger partial charge in [0.05, 0.1) is 11.9 Å². The van der Waals surface area contributed by atoms with E-state index in [1.165, 1.54) is 17.5 Å². The van der Waals surface area contributed by atoms with Gasteiger partial charge in [-0.3, -0.25) is 0 Å². The molecule has 22 heavy (non-hydrogen) atoms. The Kier molecular flexibility index (Phi) is 4.30. The van der Waals surface area contributed by atoms with Crippen molar-refractivity contribution in [3.63, 3.8) is 0 Å². The monoisotopic (exact) mass is 290 g/mol. The molecule has 0 saturated carbocycles. The van der Waals surface area contributed by atoms with Gasteiger partial charge in [0.15, 0.2) is 5.82 Å². The smallest absolute Gasteiger partial charge is 0.155 e. The second-order valence-electron chi connectivity index (χ2n) is 5.13. The molecule has 2 N–H and O–H groups in total. The number of nitrogen functional groups attached to an aromatic ring is 1. The molecule has 0 radical (unpaired) electrons. The predicted octanol–water partition coefficient (Wildman–Crippen LogP) is 3.27. The zero-order valence-electron chi connectivity index (χ0n) is 12.3. The van der Waals surface area contributed by atoms with Gasteiger partial charge < -0.3 is 10.6 Å². The topological polar surface area (TPSA) is 55.0 Å². The fourth-order valence-electron chi connectivity index (χ4n) is 2.41. The Morgan fingerprint density at radius 1 is 0.818 bits per heavy atom. The molecule has 0 bridgehead atoms. The van der Waals surface area contributed by atoms with Crippen LogP contribution in [0.4, 0.5) is 11.5 Å². The first-order valence-electron chi connectivity index (χ1n) is 7.21. The van der Waals surface area contributed by atoms with E-state index in [0.717, 1.165) is 18.9 Å². The van der Waals surface area contributed by atoms with Crippen LogP contribution in [0.3, 0.4) is 0 Å². The summed E-state index contributed by atoms with van der Waals surface area (Å²) in [6.45, 7) is 1.49. The van der Waals surface area contributed by atoms with E-state index in [1.807, 2.05) is 36.4 Å². The second-order valence-corrected chi connectivity index (χ2v) is 5.13. The lowest BCUT2D eigenvalue weighted by atomic mass is 10.1. The number of rotatable bonds is 5. The molecule has 110 valence electrons. The number of benzene rings is 2. The van der Waals surface area contributed by atoms with Gasteiger partial charge in [-0.1, -0.05) is 60.7 Å². The van der Waals surface area contributed by atoms with Crippen molar-refractivity contribution in [1.29, 1.82) is 0 Å². The van der Waals surface area contributed by atoms with E-state index in [9.17, 15) is 0 Å². The minimum Gasteiger partial charge on any atom is -0.394 e. The number of nitrogens with zero attached hydrogens (tertiary/aromatic N) is 3. The molecule has 1 aromatic heterocycles. The normalized spacial score (nSPS) is 10.4. The van der Waals surface area contributed by atoms with Crippen molar-refractivity contribution in [1.82, 2.24) is 9.97 Å². The lowest BCUT2D eigenvalue weighted by Crippen LogP contribution is -2.24. The minimum absolute atomic E-state index is 0.592. The first kappa shape index (κ1) is 14.1. The van der Waals surface area contributed by atoms with Crippen molar-refractivity contribution in [2.24, 2.45) is 0 Å². The number of nitrogens with two attached hydrogens (primary N) is 1. The Morgan fingerprint density at radius 2 is 1.36 bits per heavy atom. The predicted molar refractivity (Wildman–Crippen MR) is 89.2 cm³/mol. The summed E-state index contributed by atoms with van der Waals surface area (Å²) in [6, 6.07) is 20.6. The highest BCUT2D eigenvalue weighted by Crippen LogP contribution is 2.22. The molecule has 2 aromatic carbocycles. The molecule has 1 heterocycles. The van der Waals surface area contributed by atoms with E-state index in [1.54, 1.807) is 6.20 Å². The van der Waals surface area contributed by atoms with Gasteiger partial charge in [-0.2, -0.15) is 0 Å². The molecule has 0 aliphatic rings. The molecule has 0 saturated heterocycles. The van der Waals surface area contributed by atoms with E-state index in [-0.39, 0.29) is 0 Å². The Hall–Kier alpha value is -2.88. The van der Waals surface area contributed by atoms with Crippen LogP contribution in [-0.2, 0) is 13.1 Å². The van der Waals surface area contributed by atoms with Crippen molar-refractivity contribution < 1.29 is 0 Å². The Labute approximate surface area is 130 Å². The summed E-state index contributed by atoms with van der Waals surface area (Å²) in [4.78, 5) is 10.5. The van der Waals surface area contributed by atoms with Crippen LogP contribution in [0.25, 0.3) is 0 Å². The van der Waals surface area contributed by atoms with Crippen molar-refractivity contribution in [2.75, 3.05) is 10.6 Å². The highest BCUT2D eigenvalue weighted by Gasteiger charge is 2.12. The minimum atomic E-state index is 0.592. The van der Waals surface area contributed by atoms with Gasteiger partial charge >= 0.3 is 0 Å².